The molecule has 0 saturated heterocycles. The number of Topliss-reactive ketones (excluding diaryl/α,β-unsaturated/α-hetero) is 1. The van der Waals surface area contributed by atoms with Gasteiger partial charge in [0.2, 0.25) is 0 Å². The van der Waals surface area contributed by atoms with Crippen molar-refractivity contribution in [2.45, 2.75) is 44.8 Å². The normalized spacial score (nSPS) is 15.8. The van der Waals surface area contributed by atoms with Crippen LogP contribution < -0.4 is 10.4 Å². The highest BCUT2D eigenvalue weighted by molar-refractivity contribution is 6.26. The Bertz CT molecular complexity index is 598. The van der Waals surface area contributed by atoms with E-state index in [0.29, 0.717) is 18.1 Å². The summed E-state index contributed by atoms with van der Waals surface area (Å²) in [6.07, 6.45) is 3.32. The second kappa shape index (κ2) is 10.5. The maximum Gasteiger partial charge on any atom is 0.351 e. The van der Waals surface area contributed by atoms with E-state index >= 15 is 0 Å². The third kappa shape index (κ3) is 7.20. The molecule has 0 aromatic heterocycles. The number of aliphatic carboxylic acids is 2. The second-order valence-electron chi connectivity index (χ2n) is 6.36. The Morgan fingerprint density at radius 2 is 1.77 bits per heavy atom. The molecule has 26 heavy (non-hydrogen) atoms. The van der Waals surface area contributed by atoms with E-state index in [-0.39, 0.29) is 11.8 Å². The van der Waals surface area contributed by atoms with Crippen molar-refractivity contribution in [3.05, 3.63) is 29.8 Å². The van der Waals surface area contributed by atoms with Gasteiger partial charge in [-0.05, 0) is 37.5 Å². The summed E-state index contributed by atoms with van der Waals surface area (Å²) in [5, 5.41) is 37.8. The minimum Gasteiger partial charge on any atom is -0.539 e. The van der Waals surface area contributed by atoms with Crippen LogP contribution >= 0.6 is 0 Å². The minimum atomic E-state index is -2.07. The summed E-state index contributed by atoms with van der Waals surface area (Å²) < 4.78 is 0. The van der Waals surface area contributed by atoms with Crippen LogP contribution in [0.2, 0.25) is 0 Å². The van der Waals surface area contributed by atoms with Gasteiger partial charge in [0.05, 0.1) is 13.0 Å². The number of carboxylic acid groups (broad SMARTS) is 2. The van der Waals surface area contributed by atoms with Crippen LogP contribution in [0.15, 0.2) is 24.3 Å². The number of hydrogen-bond donors (Lipinski definition) is 4. The quantitative estimate of drug-likeness (QED) is 0.449. The molecule has 1 saturated carbocycles. The molecule has 1 aliphatic carbocycles. The lowest BCUT2D eigenvalue weighted by atomic mass is 9.81. The SMILES string of the molecule is CC([NH2+]CCC(=O)C1CCC1)C(O)c1ccc(O)cc1.O=C([O-])C(=O)O. The van der Waals surface area contributed by atoms with E-state index in [1.807, 2.05) is 12.2 Å². The van der Waals surface area contributed by atoms with E-state index < -0.39 is 18.0 Å². The third-order valence-corrected chi connectivity index (χ3v) is 4.40. The van der Waals surface area contributed by atoms with Gasteiger partial charge in [0, 0.05) is 5.92 Å². The molecular formula is C18H25NO7. The van der Waals surface area contributed by atoms with Gasteiger partial charge in [0.15, 0.2) is 5.97 Å². The van der Waals surface area contributed by atoms with E-state index in [4.69, 9.17) is 19.8 Å². The molecule has 144 valence electrons. The van der Waals surface area contributed by atoms with Crippen molar-refractivity contribution in [3.8, 4) is 5.75 Å². The Balaban J connectivity index is 0.000000487. The van der Waals surface area contributed by atoms with E-state index in [2.05, 4.69) is 0 Å². The molecule has 0 radical (unpaired) electrons. The second-order valence-corrected chi connectivity index (χ2v) is 6.36. The van der Waals surface area contributed by atoms with Crippen molar-refractivity contribution in [1.29, 1.82) is 0 Å². The Morgan fingerprint density at radius 3 is 2.19 bits per heavy atom. The van der Waals surface area contributed by atoms with E-state index in [9.17, 15) is 15.0 Å². The van der Waals surface area contributed by atoms with Gasteiger partial charge in [-0.3, -0.25) is 4.79 Å². The zero-order valence-electron chi connectivity index (χ0n) is 14.6. The molecular weight excluding hydrogens is 342 g/mol. The first-order valence-electron chi connectivity index (χ1n) is 8.49. The lowest BCUT2D eigenvalue weighted by Crippen LogP contribution is -2.90. The lowest BCUT2D eigenvalue weighted by molar-refractivity contribution is -0.693. The number of carbonyl (C=O) groups excluding carboxylic acids is 2. The zero-order chi connectivity index (χ0) is 19.7. The fourth-order valence-corrected chi connectivity index (χ4v) is 2.53. The van der Waals surface area contributed by atoms with Gasteiger partial charge >= 0.3 is 5.97 Å². The van der Waals surface area contributed by atoms with Crippen LogP contribution in [0.3, 0.4) is 0 Å². The molecule has 0 amide bonds. The molecule has 5 N–H and O–H groups in total. The van der Waals surface area contributed by atoms with Gasteiger partial charge in [0.25, 0.3) is 0 Å². The molecule has 0 bridgehead atoms. The number of phenols is 1. The molecule has 2 atom stereocenters. The number of carbonyl (C=O) groups is 3. The smallest absolute Gasteiger partial charge is 0.351 e. The van der Waals surface area contributed by atoms with Crippen LogP contribution in [0.4, 0.5) is 0 Å². The monoisotopic (exact) mass is 367 g/mol. The molecule has 1 aromatic carbocycles. The van der Waals surface area contributed by atoms with E-state index in [1.54, 1.807) is 24.3 Å². The summed E-state index contributed by atoms with van der Waals surface area (Å²) in [6.45, 7) is 2.68. The zero-order valence-corrected chi connectivity index (χ0v) is 14.6. The summed E-state index contributed by atoms with van der Waals surface area (Å²) in [6, 6.07) is 6.60. The number of aliphatic hydroxyl groups is 1. The predicted octanol–water partition coefficient (Wildman–Crippen LogP) is -1.04. The summed E-state index contributed by atoms with van der Waals surface area (Å²) in [5.41, 5.74) is 0.789. The number of rotatable bonds is 7. The molecule has 2 rings (SSSR count). The molecule has 8 heteroatoms. The van der Waals surface area contributed by atoms with Crippen molar-refractivity contribution in [2.24, 2.45) is 5.92 Å². The van der Waals surface area contributed by atoms with Crippen molar-refractivity contribution in [3.63, 3.8) is 0 Å². The van der Waals surface area contributed by atoms with E-state index in [1.165, 1.54) is 6.42 Å². The molecule has 1 aliphatic rings. The lowest BCUT2D eigenvalue weighted by Gasteiger charge is -2.24. The number of quaternary nitrogens is 1. The van der Waals surface area contributed by atoms with Gasteiger partial charge < -0.3 is 30.5 Å². The number of aromatic hydroxyl groups is 1. The molecule has 2 unspecified atom stereocenters. The summed E-state index contributed by atoms with van der Waals surface area (Å²) in [5.74, 6) is -3.13. The molecule has 0 aliphatic heterocycles. The number of ketones is 1. The number of hydrogen-bond acceptors (Lipinski definition) is 6. The first-order chi connectivity index (χ1) is 12.2. The van der Waals surface area contributed by atoms with Crippen LogP contribution in [0.25, 0.3) is 0 Å². The maximum atomic E-state index is 11.8. The first-order valence-corrected chi connectivity index (χ1v) is 8.49. The summed E-state index contributed by atoms with van der Waals surface area (Å²) in [4.78, 5) is 29.8. The average molecular weight is 367 g/mol. The number of phenolic OH excluding ortho intramolecular Hbond substituents is 1. The van der Waals surface area contributed by atoms with Crippen molar-refractivity contribution >= 4 is 17.7 Å². The highest BCUT2D eigenvalue weighted by atomic mass is 16.4. The number of carboxylic acids is 2. The molecule has 8 nitrogen and oxygen atoms in total. The fourth-order valence-electron chi connectivity index (χ4n) is 2.53. The summed E-state index contributed by atoms with van der Waals surface area (Å²) in [7, 11) is 0. The van der Waals surface area contributed by atoms with Gasteiger partial charge in [-0.1, -0.05) is 18.6 Å². The summed E-state index contributed by atoms with van der Waals surface area (Å²) >= 11 is 0. The molecule has 1 fully saturated rings. The number of aliphatic hydroxyl groups excluding tert-OH is 1. The third-order valence-electron chi connectivity index (χ3n) is 4.40. The molecule has 0 spiro atoms. The van der Waals surface area contributed by atoms with Gasteiger partial charge in [-0.2, -0.15) is 0 Å². The average Bonchev–Trinajstić information content (AvgIpc) is 2.53. The Hall–Kier alpha value is -2.45. The van der Waals surface area contributed by atoms with Crippen LogP contribution in [0, 0.1) is 5.92 Å². The fraction of sp³-hybridized carbons (Fsp3) is 0.500. The topological polar surface area (TPSA) is 152 Å². The first kappa shape index (κ1) is 21.6. The van der Waals surface area contributed by atoms with Crippen molar-refractivity contribution < 1.29 is 40.1 Å². The van der Waals surface area contributed by atoms with Gasteiger partial charge in [-0.15, -0.1) is 0 Å². The Labute approximate surface area is 151 Å². The predicted molar refractivity (Wildman–Crippen MR) is 88.9 cm³/mol. The number of benzene rings is 1. The minimum absolute atomic E-state index is 0.00580. The number of nitrogens with two attached hydrogens (primary N) is 1. The maximum absolute atomic E-state index is 11.8. The van der Waals surface area contributed by atoms with Crippen molar-refractivity contribution in [2.75, 3.05) is 6.54 Å². The van der Waals surface area contributed by atoms with Gasteiger partial charge in [-0.25, -0.2) is 4.79 Å². The Morgan fingerprint density at radius 1 is 1.23 bits per heavy atom. The van der Waals surface area contributed by atoms with Crippen molar-refractivity contribution in [1.82, 2.24) is 0 Å². The van der Waals surface area contributed by atoms with Crippen LogP contribution in [0.5, 0.6) is 5.75 Å². The Kier molecular flexibility index (Phi) is 8.74. The van der Waals surface area contributed by atoms with E-state index in [0.717, 1.165) is 24.9 Å². The highest BCUT2D eigenvalue weighted by Crippen LogP contribution is 2.27. The van der Waals surface area contributed by atoms with Crippen LogP contribution in [-0.4, -0.2) is 45.6 Å². The van der Waals surface area contributed by atoms with Crippen LogP contribution in [0.1, 0.15) is 44.3 Å². The molecule has 0 heterocycles. The largest absolute Gasteiger partial charge is 0.539 e. The highest BCUT2D eigenvalue weighted by Gasteiger charge is 2.25. The molecule has 1 aromatic rings. The van der Waals surface area contributed by atoms with Crippen LogP contribution in [-0.2, 0) is 14.4 Å². The standard InChI is InChI=1S/C16H23NO3.C2H2O4/c1-11(16(20)13-5-7-14(18)8-6-13)17-10-9-15(19)12-3-2-4-12;3-1(4)2(5)6/h5-8,11-12,16-18,20H,2-4,9-10H2,1H3;(H,3,4)(H,5,6). The van der Waals surface area contributed by atoms with Gasteiger partial charge in [0.1, 0.15) is 23.7 Å².